The topological polar surface area (TPSA) is 20.7 Å². The summed E-state index contributed by atoms with van der Waals surface area (Å²) in [6.07, 6.45) is 6.53. The van der Waals surface area contributed by atoms with Crippen LogP contribution in [0, 0.1) is 10.7 Å². The van der Waals surface area contributed by atoms with E-state index in [4.69, 9.17) is 12.2 Å². The summed E-state index contributed by atoms with van der Waals surface area (Å²) in [7, 11) is 0. The molecule has 1 aliphatic rings. The Kier molecular flexibility index (Phi) is 3.81. The van der Waals surface area contributed by atoms with Gasteiger partial charge < -0.3 is 9.55 Å². The standard InChI is InChI=1S/C15H19BrN2S/c1-2-10-5-3-4-6-13(10)18-14-9-11(16)7-8-12(14)17-15(18)19/h7-10,13H,2-6H2,1H3,(H,17,19). The van der Waals surface area contributed by atoms with Crippen LogP contribution in [0.15, 0.2) is 22.7 Å². The molecule has 2 aromatic rings. The summed E-state index contributed by atoms with van der Waals surface area (Å²) >= 11 is 9.14. The van der Waals surface area contributed by atoms with Crippen LogP contribution in [0.4, 0.5) is 0 Å². The molecule has 1 saturated carbocycles. The Bertz CT molecular complexity index is 643. The Morgan fingerprint density at radius 3 is 2.95 bits per heavy atom. The summed E-state index contributed by atoms with van der Waals surface area (Å²) in [6, 6.07) is 6.92. The van der Waals surface area contributed by atoms with Gasteiger partial charge in [-0.15, -0.1) is 0 Å². The number of halogens is 1. The minimum absolute atomic E-state index is 0.564. The van der Waals surface area contributed by atoms with Gasteiger partial charge in [0, 0.05) is 10.5 Å². The van der Waals surface area contributed by atoms with Gasteiger partial charge in [-0.1, -0.05) is 42.1 Å². The summed E-state index contributed by atoms with van der Waals surface area (Å²) in [5.41, 5.74) is 2.39. The van der Waals surface area contributed by atoms with Gasteiger partial charge in [-0.2, -0.15) is 0 Å². The zero-order valence-electron chi connectivity index (χ0n) is 11.2. The Morgan fingerprint density at radius 2 is 2.16 bits per heavy atom. The average Bonchev–Trinajstić information content (AvgIpc) is 2.74. The van der Waals surface area contributed by atoms with Crippen molar-refractivity contribution >= 4 is 39.2 Å². The zero-order chi connectivity index (χ0) is 13.4. The van der Waals surface area contributed by atoms with Crippen LogP contribution in [-0.4, -0.2) is 9.55 Å². The van der Waals surface area contributed by atoms with Gasteiger partial charge in [0.05, 0.1) is 11.0 Å². The largest absolute Gasteiger partial charge is 0.331 e. The van der Waals surface area contributed by atoms with Gasteiger partial charge in [0.15, 0.2) is 4.77 Å². The molecule has 0 saturated heterocycles. The molecule has 1 aromatic carbocycles. The van der Waals surface area contributed by atoms with Crippen LogP contribution < -0.4 is 0 Å². The number of aromatic nitrogens is 2. The molecule has 2 unspecified atom stereocenters. The Labute approximate surface area is 127 Å². The Hall–Kier alpha value is -0.610. The molecule has 3 rings (SSSR count). The molecular weight excluding hydrogens is 320 g/mol. The number of nitrogens with zero attached hydrogens (tertiary/aromatic N) is 1. The number of H-pyrrole nitrogens is 1. The summed E-state index contributed by atoms with van der Waals surface area (Å²) in [5.74, 6) is 0.762. The monoisotopic (exact) mass is 338 g/mol. The van der Waals surface area contributed by atoms with Gasteiger partial charge in [-0.05, 0) is 49.2 Å². The molecule has 1 aliphatic carbocycles. The van der Waals surface area contributed by atoms with Crippen LogP contribution >= 0.6 is 28.1 Å². The normalized spacial score (nSPS) is 23.9. The molecular formula is C15H19BrN2S. The maximum atomic E-state index is 5.57. The highest BCUT2D eigenvalue weighted by Crippen LogP contribution is 2.38. The molecule has 102 valence electrons. The van der Waals surface area contributed by atoms with Gasteiger partial charge in [-0.3, -0.25) is 0 Å². The van der Waals surface area contributed by atoms with Crippen LogP contribution in [0.5, 0.6) is 0 Å². The fraction of sp³-hybridized carbons (Fsp3) is 0.533. The maximum Gasteiger partial charge on any atom is 0.178 e. The molecule has 0 amide bonds. The smallest absolute Gasteiger partial charge is 0.178 e. The van der Waals surface area contributed by atoms with Crippen LogP contribution in [-0.2, 0) is 0 Å². The van der Waals surface area contributed by atoms with Gasteiger partial charge >= 0.3 is 0 Å². The molecule has 1 fully saturated rings. The van der Waals surface area contributed by atoms with Gasteiger partial charge in [0.25, 0.3) is 0 Å². The number of hydrogen-bond donors (Lipinski definition) is 1. The van der Waals surface area contributed by atoms with Crippen molar-refractivity contribution in [3.8, 4) is 0 Å². The van der Waals surface area contributed by atoms with E-state index in [2.05, 4.69) is 50.6 Å². The lowest BCUT2D eigenvalue weighted by atomic mass is 9.82. The molecule has 19 heavy (non-hydrogen) atoms. The molecule has 0 radical (unpaired) electrons. The fourth-order valence-corrected chi connectivity index (χ4v) is 4.12. The van der Waals surface area contributed by atoms with E-state index in [0.29, 0.717) is 6.04 Å². The van der Waals surface area contributed by atoms with Crippen LogP contribution in [0.3, 0.4) is 0 Å². The van der Waals surface area contributed by atoms with E-state index in [-0.39, 0.29) is 0 Å². The maximum absolute atomic E-state index is 5.57. The third kappa shape index (κ3) is 2.40. The molecule has 0 bridgehead atoms. The van der Waals surface area contributed by atoms with E-state index in [1.54, 1.807) is 0 Å². The average molecular weight is 339 g/mol. The van der Waals surface area contributed by atoms with Gasteiger partial charge in [-0.25, -0.2) is 0 Å². The SMILES string of the molecule is CCC1CCCCC1n1c(=S)[nH]c2ccc(Br)cc21. The van der Waals surface area contributed by atoms with Crippen molar-refractivity contribution in [1.82, 2.24) is 9.55 Å². The molecule has 1 heterocycles. The van der Waals surface area contributed by atoms with Crippen LogP contribution in [0.2, 0.25) is 0 Å². The van der Waals surface area contributed by atoms with Crippen molar-refractivity contribution in [1.29, 1.82) is 0 Å². The quantitative estimate of drug-likeness (QED) is 0.706. The number of nitrogens with one attached hydrogen (secondary N) is 1. The fourth-order valence-electron chi connectivity index (χ4n) is 3.43. The Balaban J connectivity index is 2.15. The molecule has 2 atom stereocenters. The predicted octanol–water partition coefficient (Wildman–Crippen LogP) is 5.60. The first kappa shape index (κ1) is 13.4. The first-order valence-electron chi connectivity index (χ1n) is 7.10. The highest BCUT2D eigenvalue weighted by atomic mass is 79.9. The lowest BCUT2D eigenvalue weighted by molar-refractivity contribution is 0.235. The van der Waals surface area contributed by atoms with Gasteiger partial charge in [0.1, 0.15) is 0 Å². The number of benzene rings is 1. The third-order valence-corrected chi connectivity index (χ3v) is 5.20. The van der Waals surface area contributed by atoms with Crippen molar-refractivity contribution in [2.24, 2.45) is 5.92 Å². The van der Waals surface area contributed by atoms with E-state index in [9.17, 15) is 0 Å². The first-order valence-corrected chi connectivity index (χ1v) is 8.30. The van der Waals surface area contributed by atoms with Crippen LogP contribution in [0.1, 0.15) is 45.1 Å². The first-order chi connectivity index (χ1) is 9.20. The number of imidazole rings is 1. The van der Waals surface area contributed by atoms with E-state index in [0.717, 1.165) is 20.7 Å². The zero-order valence-corrected chi connectivity index (χ0v) is 13.6. The number of aromatic amines is 1. The number of hydrogen-bond acceptors (Lipinski definition) is 1. The highest BCUT2D eigenvalue weighted by Gasteiger charge is 2.26. The summed E-state index contributed by atoms with van der Waals surface area (Å²) in [6.45, 7) is 2.30. The third-order valence-electron chi connectivity index (χ3n) is 4.40. The van der Waals surface area contributed by atoms with E-state index < -0.39 is 0 Å². The van der Waals surface area contributed by atoms with Crippen molar-refractivity contribution in [3.63, 3.8) is 0 Å². The lowest BCUT2D eigenvalue weighted by Gasteiger charge is -2.32. The lowest BCUT2D eigenvalue weighted by Crippen LogP contribution is -2.22. The summed E-state index contributed by atoms with van der Waals surface area (Å²) in [5, 5.41) is 0. The second-order valence-corrected chi connectivity index (χ2v) is 6.78. The number of fused-ring (bicyclic) bond motifs is 1. The summed E-state index contributed by atoms with van der Waals surface area (Å²) < 4.78 is 4.35. The predicted molar refractivity (Wildman–Crippen MR) is 86.1 cm³/mol. The van der Waals surface area contributed by atoms with E-state index >= 15 is 0 Å². The molecule has 1 aromatic heterocycles. The van der Waals surface area contributed by atoms with Crippen molar-refractivity contribution in [2.75, 3.05) is 0 Å². The van der Waals surface area contributed by atoms with Crippen molar-refractivity contribution in [3.05, 3.63) is 27.4 Å². The summed E-state index contributed by atoms with van der Waals surface area (Å²) in [4.78, 5) is 3.35. The van der Waals surface area contributed by atoms with Crippen molar-refractivity contribution in [2.45, 2.75) is 45.1 Å². The molecule has 4 heteroatoms. The minimum Gasteiger partial charge on any atom is -0.331 e. The Morgan fingerprint density at radius 1 is 1.37 bits per heavy atom. The second-order valence-electron chi connectivity index (χ2n) is 5.48. The molecule has 0 spiro atoms. The molecule has 1 N–H and O–H groups in total. The van der Waals surface area contributed by atoms with Gasteiger partial charge in [0.2, 0.25) is 0 Å². The van der Waals surface area contributed by atoms with Crippen LogP contribution in [0.25, 0.3) is 11.0 Å². The van der Waals surface area contributed by atoms with E-state index in [1.165, 1.54) is 37.6 Å². The minimum atomic E-state index is 0.564. The number of rotatable bonds is 2. The van der Waals surface area contributed by atoms with Crippen molar-refractivity contribution < 1.29 is 0 Å². The highest BCUT2D eigenvalue weighted by molar-refractivity contribution is 9.10. The molecule has 2 nitrogen and oxygen atoms in total. The van der Waals surface area contributed by atoms with E-state index in [1.807, 2.05) is 0 Å². The molecule has 0 aliphatic heterocycles. The second kappa shape index (κ2) is 5.41.